The van der Waals surface area contributed by atoms with Crippen molar-refractivity contribution in [1.82, 2.24) is 5.32 Å². The van der Waals surface area contributed by atoms with Gasteiger partial charge in [-0.1, -0.05) is 13.8 Å². The number of benzene rings is 1. The van der Waals surface area contributed by atoms with E-state index >= 15 is 0 Å². The van der Waals surface area contributed by atoms with Crippen molar-refractivity contribution in [2.24, 2.45) is 0 Å². The number of hydrogen-bond donors (Lipinski definition) is 1. The van der Waals surface area contributed by atoms with Crippen LogP contribution in [0.5, 0.6) is 5.75 Å². The quantitative estimate of drug-likeness (QED) is 0.742. The van der Waals surface area contributed by atoms with E-state index in [1.54, 1.807) is 31.2 Å². The molecule has 0 bridgehead atoms. The maximum absolute atomic E-state index is 11.8. The fourth-order valence-corrected chi connectivity index (χ4v) is 1.88. The van der Waals surface area contributed by atoms with E-state index in [0.29, 0.717) is 11.3 Å². The molecule has 1 aromatic carbocycles. The monoisotopic (exact) mass is 318 g/mol. The number of rotatable bonds is 8. The lowest BCUT2D eigenvalue weighted by molar-refractivity contribution is -0.154. The van der Waals surface area contributed by atoms with E-state index < -0.39 is 12.1 Å². The second kappa shape index (κ2) is 9.46. The predicted octanol–water partition coefficient (Wildman–Crippen LogP) is 2.17. The van der Waals surface area contributed by atoms with Crippen LogP contribution in [0.4, 0.5) is 0 Å². The number of carbonyl (C=O) groups is 2. The number of carbonyl (C=O) groups excluding carboxylic acids is 2. The van der Waals surface area contributed by atoms with Gasteiger partial charge < -0.3 is 14.8 Å². The number of nitrogens with zero attached hydrogens (tertiary/aromatic N) is 1. The summed E-state index contributed by atoms with van der Waals surface area (Å²) in [6, 6.07) is 8.47. The Kier molecular flexibility index (Phi) is 7.61. The Morgan fingerprint density at radius 1 is 1.22 bits per heavy atom. The SMILES string of the molecule is CCC(CC)NC(=O)COC(=O)[C@@H](C)Oc1ccc(C#N)cc1. The fraction of sp³-hybridized carbons (Fsp3) is 0.471. The minimum absolute atomic E-state index is 0.0912. The Balaban J connectivity index is 2.41. The molecular weight excluding hydrogens is 296 g/mol. The van der Waals surface area contributed by atoms with Gasteiger partial charge in [0, 0.05) is 6.04 Å². The molecule has 0 radical (unpaired) electrons. The fourth-order valence-electron chi connectivity index (χ4n) is 1.88. The standard InChI is InChI=1S/C17H22N2O4/c1-4-14(5-2)19-16(20)11-22-17(21)12(3)23-15-8-6-13(10-18)7-9-15/h6-9,12,14H,4-5,11H2,1-3H3,(H,19,20)/t12-/m1/s1. The first-order valence-corrected chi connectivity index (χ1v) is 7.62. The van der Waals surface area contributed by atoms with Crippen LogP contribution in [0.15, 0.2) is 24.3 Å². The molecule has 0 heterocycles. The van der Waals surface area contributed by atoms with Crippen LogP contribution in [-0.4, -0.2) is 30.6 Å². The third-order valence-corrected chi connectivity index (χ3v) is 3.32. The van der Waals surface area contributed by atoms with Gasteiger partial charge in [0.25, 0.3) is 5.91 Å². The second-order valence-electron chi connectivity index (χ2n) is 5.08. The molecule has 1 amide bonds. The Morgan fingerprint density at radius 2 is 1.83 bits per heavy atom. The largest absolute Gasteiger partial charge is 0.479 e. The summed E-state index contributed by atoms with van der Waals surface area (Å²) in [7, 11) is 0. The summed E-state index contributed by atoms with van der Waals surface area (Å²) < 4.78 is 10.4. The molecule has 1 atom stereocenters. The van der Waals surface area contributed by atoms with Gasteiger partial charge in [0.1, 0.15) is 5.75 Å². The molecule has 0 aliphatic heterocycles. The predicted molar refractivity (Wildman–Crippen MR) is 84.7 cm³/mol. The number of hydrogen-bond acceptors (Lipinski definition) is 5. The molecule has 0 fully saturated rings. The molecule has 0 aromatic heterocycles. The third kappa shape index (κ3) is 6.39. The van der Waals surface area contributed by atoms with Gasteiger partial charge in [-0.2, -0.15) is 5.26 Å². The Labute approximate surface area is 136 Å². The first-order chi connectivity index (χ1) is 11.0. The molecule has 1 aromatic rings. The summed E-state index contributed by atoms with van der Waals surface area (Å²) >= 11 is 0. The number of ether oxygens (including phenoxy) is 2. The molecule has 6 heteroatoms. The van der Waals surface area contributed by atoms with Crippen molar-refractivity contribution in [3.05, 3.63) is 29.8 Å². The van der Waals surface area contributed by atoms with E-state index in [4.69, 9.17) is 14.7 Å². The molecule has 0 saturated carbocycles. The van der Waals surface area contributed by atoms with Crippen molar-refractivity contribution in [1.29, 1.82) is 5.26 Å². The number of esters is 1. The molecule has 6 nitrogen and oxygen atoms in total. The summed E-state index contributed by atoms with van der Waals surface area (Å²) in [4.78, 5) is 23.5. The van der Waals surface area contributed by atoms with Gasteiger partial charge in [-0.25, -0.2) is 4.79 Å². The number of nitrogens with one attached hydrogen (secondary N) is 1. The van der Waals surface area contributed by atoms with Crippen LogP contribution in [0, 0.1) is 11.3 Å². The second-order valence-corrected chi connectivity index (χ2v) is 5.08. The van der Waals surface area contributed by atoms with Crippen molar-refractivity contribution in [2.45, 2.75) is 45.8 Å². The molecule has 0 saturated heterocycles. The highest BCUT2D eigenvalue weighted by molar-refractivity contribution is 5.82. The van der Waals surface area contributed by atoms with Crippen LogP contribution in [0.3, 0.4) is 0 Å². The lowest BCUT2D eigenvalue weighted by Gasteiger charge is -2.16. The van der Waals surface area contributed by atoms with E-state index in [9.17, 15) is 9.59 Å². The van der Waals surface area contributed by atoms with Crippen molar-refractivity contribution >= 4 is 11.9 Å². The van der Waals surface area contributed by atoms with Crippen LogP contribution in [0.1, 0.15) is 39.2 Å². The summed E-state index contributed by atoms with van der Waals surface area (Å²) in [6.07, 6.45) is 0.812. The zero-order valence-electron chi connectivity index (χ0n) is 13.7. The lowest BCUT2D eigenvalue weighted by Crippen LogP contribution is -2.38. The lowest BCUT2D eigenvalue weighted by atomic mass is 10.2. The number of nitriles is 1. The maximum Gasteiger partial charge on any atom is 0.347 e. The van der Waals surface area contributed by atoms with Crippen LogP contribution in [0.2, 0.25) is 0 Å². The minimum Gasteiger partial charge on any atom is -0.479 e. The van der Waals surface area contributed by atoms with Crippen molar-refractivity contribution < 1.29 is 19.1 Å². The summed E-state index contributed by atoms with van der Waals surface area (Å²) in [6.45, 7) is 5.18. The molecule has 0 spiro atoms. The normalized spacial score (nSPS) is 11.4. The van der Waals surface area contributed by atoms with E-state index in [2.05, 4.69) is 5.32 Å². The van der Waals surface area contributed by atoms with E-state index in [0.717, 1.165) is 12.8 Å². The van der Waals surface area contributed by atoms with Crippen molar-refractivity contribution in [3.63, 3.8) is 0 Å². The van der Waals surface area contributed by atoms with Gasteiger partial charge in [0.05, 0.1) is 11.6 Å². The van der Waals surface area contributed by atoms with Crippen molar-refractivity contribution in [2.75, 3.05) is 6.61 Å². The van der Waals surface area contributed by atoms with Crippen LogP contribution >= 0.6 is 0 Å². The number of amides is 1. The molecule has 124 valence electrons. The first-order valence-electron chi connectivity index (χ1n) is 7.62. The zero-order valence-corrected chi connectivity index (χ0v) is 13.7. The molecule has 0 unspecified atom stereocenters. The minimum atomic E-state index is -0.844. The first kappa shape index (κ1) is 18.5. The highest BCUT2D eigenvalue weighted by Gasteiger charge is 2.18. The average Bonchev–Trinajstić information content (AvgIpc) is 2.58. The summed E-state index contributed by atoms with van der Waals surface area (Å²) in [5.41, 5.74) is 0.505. The van der Waals surface area contributed by atoms with Crippen LogP contribution < -0.4 is 10.1 Å². The molecular formula is C17H22N2O4. The highest BCUT2D eigenvalue weighted by atomic mass is 16.6. The highest BCUT2D eigenvalue weighted by Crippen LogP contribution is 2.13. The Morgan fingerprint density at radius 3 is 2.35 bits per heavy atom. The van der Waals surface area contributed by atoms with Gasteiger partial charge >= 0.3 is 5.97 Å². The van der Waals surface area contributed by atoms with E-state index in [1.165, 1.54) is 0 Å². The zero-order chi connectivity index (χ0) is 17.2. The average molecular weight is 318 g/mol. The topological polar surface area (TPSA) is 88.4 Å². The Bertz CT molecular complexity index is 559. The third-order valence-electron chi connectivity index (χ3n) is 3.32. The van der Waals surface area contributed by atoms with Crippen LogP contribution in [-0.2, 0) is 14.3 Å². The van der Waals surface area contributed by atoms with E-state index in [1.807, 2.05) is 19.9 Å². The smallest absolute Gasteiger partial charge is 0.347 e. The summed E-state index contributed by atoms with van der Waals surface area (Å²) in [5.74, 6) is -0.485. The molecule has 1 rings (SSSR count). The molecule has 1 N–H and O–H groups in total. The van der Waals surface area contributed by atoms with Gasteiger partial charge in [0.2, 0.25) is 0 Å². The Hall–Kier alpha value is -2.55. The molecule has 0 aliphatic carbocycles. The van der Waals surface area contributed by atoms with E-state index in [-0.39, 0.29) is 18.6 Å². The summed E-state index contributed by atoms with van der Waals surface area (Å²) in [5, 5.41) is 11.5. The molecule has 23 heavy (non-hydrogen) atoms. The van der Waals surface area contributed by atoms with Gasteiger partial charge in [0.15, 0.2) is 12.7 Å². The van der Waals surface area contributed by atoms with Gasteiger partial charge in [-0.3, -0.25) is 4.79 Å². The van der Waals surface area contributed by atoms with Crippen molar-refractivity contribution in [3.8, 4) is 11.8 Å². The van der Waals surface area contributed by atoms with Gasteiger partial charge in [-0.15, -0.1) is 0 Å². The molecule has 0 aliphatic rings. The van der Waals surface area contributed by atoms with Crippen LogP contribution in [0.25, 0.3) is 0 Å². The van der Waals surface area contributed by atoms with Gasteiger partial charge in [-0.05, 0) is 44.0 Å². The maximum atomic E-state index is 11.8.